The molecule has 0 fully saturated rings. The van der Waals surface area contributed by atoms with Crippen molar-refractivity contribution < 1.29 is 9.53 Å². The molecule has 0 bridgehead atoms. The van der Waals surface area contributed by atoms with Crippen LogP contribution in [0.5, 0.6) is 5.75 Å². The van der Waals surface area contributed by atoms with Gasteiger partial charge in [-0.1, -0.05) is 24.3 Å². The molecular weight excluding hydrogens is 314 g/mol. The molecule has 0 spiro atoms. The van der Waals surface area contributed by atoms with E-state index in [0.29, 0.717) is 19.6 Å². The van der Waals surface area contributed by atoms with Crippen LogP contribution in [0.1, 0.15) is 37.3 Å². The number of hydrogen-bond acceptors (Lipinski definition) is 4. The Balaban J connectivity index is 1.61. The van der Waals surface area contributed by atoms with Crippen LogP contribution in [0.2, 0.25) is 0 Å². The third-order valence-corrected chi connectivity index (χ3v) is 4.64. The fraction of sp³-hybridized carbons (Fsp3) is 0.400. The van der Waals surface area contributed by atoms with Crippen LogP contribution in [0.4, 0.5) is 5.82 Å². The molecule has 0 saturated carbocycles. The Labute approximate surface area is 149 Å². The van der Waals surface area contributed by atoms with Gasteiger partial charge >= 0.3 is 0 Å². The molecule has 1 amide bonds. The summed E-state index contributed by atoms with van der Waals surface area (Å²) in [4.78, 5) is 19.3. The zero-order valence-electron chi connectivity index (χ0n) is 14.9. The molecule has 1 aromatic heterocycles. The van der Waals surface area contributed by atoms with Gasteiger partial charge in [0.1, 0.15) is 11.6 Å². The summed E-state index contributed by atoms with van der Waals surface area (Å²) in [5.41, 5.74) is 1.98. The summed E-state index contributed by atoms with van der Waals surface area (Å²) in [5, 5.41) is 3.04. The fourth-order valence-corrected chi connectivity index (χ4v) is 3.18. The van der Waals surface area contributed by atoms with Crippen molar-refractivity contribution in [2.45, 2.75) is 32.7 Å². The highest BCUT2D eigenvalue weighted by Gasteiger charge is 2.27. The Morgan fingerprint density at radius 3 is 2.76 bits per heavy atom. The van der Waals surface area contributed by atoms with E-state index >= 15 is 0 Å². The van der Waals surface area contributed by atoms with Gasteiger partial charge in [0.2, 0.25) is 5.91 Å². The van der Waals surface area contributed by atoms with Gasteiger partial charge in [-0.2, -0.15) is 0 Å². The molecular formula is C20H25N3O2. The molecule has 0 radical (unpaired) electrons. The first-order valence-corrected chi connectivity index (χ1v) is 8.92. The van der Waals surface area contributed by atoms with E-state index in [1.54, 1.807) is 0 Å². The molecule has 132 valence electrons. The van der Waals surface area contributed by atoms with E-state index in [2.05, 4.69) is 29.0 Å². The molecule has 1 aliphatic rings. The number of carbonyl (C=O) groups excluding carboxylic acids is 1. The van der Waals surface area contributed by atoms with Crippen LogP contribution >= 0.6 is 0 Å². The molecule has 1 unspecified atom stereocenters. The maximum absolute atomic E-state index is 12.6. The standard InChI is InChI=1S/C20H25N3O2/c1-3-23(4-2)19-10-9-15(13-21-19)14-22-20(24)17-11-12-25-18-8-6-5-7-16(17)18/h5-10,13,17H,3-4,11-12,14H2,1-2H3,(H,22,24). The van der Waals surface area contributed by atoms with E-state index in [4.69, 9.17) is 4.74 Å². The number of benzene rings is 1. The number of hydrogen-bond donors (Lipinski definition) is 1. The van der Waals surface area contributed by atoms with Gasteiger partial charge < -0.3 is 15.0 Å². The lowest BCUT2D eigenvalue weighted by molar-refractivity contribution is -0.123. The largest absolute Gasteiger partial charge is 0.493 e. The number of anilines is 1. The second kappa shape index (κ2) is 8.01. The molecule has 1 aliphatic heterocycles. The normalized spacial score (nSPS) is 15.8. The second-order valence-electron chi connectivity index (χ2n) is 6.14. The zero-order chi connectivity index (χ0) is 17.6. The van der Waals surface area contributed by atoms with E-state index in [9.17, 15) is 4.79 Å². The smallest absolute Gasteiger partial charge is 0.228 e. The van der Waals surface area contributed by atoms with Crippen molar-refractivity contribution in [3.05, 3.63) is 53.7 Å². The van der Waals surface area contributed by atoms with Crippen LogP contribution in [-0.4, -0.2) is 30.6 Å². The zero-order valence-corrected chi connectivity index (χ0v) is 14.9. The molecule has 1 atom stereocenters. The minimum absolute atomic E-state index is 0.0450. The fourth-order valence-electron chi connectivity index (χ4n) is 3.18. The van der Waals surface area contributed by atoms with Crippen LogP contribution in [-0.2, 0) is 11.3 Å². The van der Waals surface area contributed by atoms with Crippen LogP contribution in [0.3, 0.4) is 0 Å². The Morgan fingerprint density at radius 1 is 1.24 bits per heavy atom. The first-order chi connectivity index (χ1) is 12.2. The number of nitrogens with one attached hydrogen (secondary N) is 1. The number of nitrogens with zero attached hydrogens (tertiary/aromatic N) is 2. The Morgan fingerprint density at radius 2 is 2.04 bits per heavy atom. The summed E-state index contributed by atoms with van der Waals surface area (Å²) in [6, 6.07) is 11.8. The minimum atomic E-state index is -0.146. The average Bonchev–Trinajstić information content (AvgIpc) is 2.67. The molecule has 0 aliphatic carbocycles. The second-order valence-corrected chi connectivity index (χ2v) is 6.14. The third-order valence-electron chi connectivity index (χ3n) is 4.64. The van der Waals surface area contributed by atoms with Crippen molar-refractivity contribution >= 4 is 11.7 Å². The summed E-state index contributed by atoms with van der Waals surface area (Å²) < 4.78 is 5.63. The summed E-state index contributed by atoms with van der Waals surface area (Å²) in [6.07, 6.45) is 2.55. The molecule has 5 nitrogen and oxygen atoms in total. The number of para-hydroxylation sites is 1. The van der Waals surface area contributed by atoms with Gasteiger partial charge in [0.15, 0.2) is 0 Å². The highest BCUT2D eigenvalue weighted by atomic mass is 16.5. The molecule has 2 aromatic rings. The predicted molar refractivity (Wildman–Crippen MR) is 98.9 cm³/mol. The number of aromatic nitrogens is 1. The Kier molecular flexibility index (Phi) is 5.53. The first-order valence-electron chi connectivity index (χ1n) is 8.92. The van der Waals surface area contributed by atoms with Crippen LogP contribution in [0.15, 0.2) is 42.6 Å². The Bertz CT molecular complexity index is 711. The lowest BCUT2D eigenvalue weighted by Crippen LogP contribution is -2.32. The van der Waals surface area contributed by atoms with E-state index < -0.39 is 0 Å². The number of fused-ring (bicyclic) bond motifs is 1. The van der Waals surface area contributed by atoms with Gasteiger partial charge in [-0.3, -0.25) is 4.79 Å². The minimum Gasteiger partial charge on any atom is -0.493 e. The maximum atomic E-state index is 12.6. The van der Waals surface area contributed by atoms with Gasteiger partial charge in [-0.15, -0.1) is 0 Å². The first kappa shape index (κ1) is 17.3. The van der Waals surface area contributed by atoms with Crippen molar-refractivity contribution in [3.8, 4) is 5.75 Å². The lowest BCUT2D eigenvalue weighted by atomic mass is 9.92. The van der Waals surface area contributed by atoms with Crippen molar-refractivity contribution in [2.75, 3.05) is 24.6 Å². The molecule has 1 N–H and O–H groups in total. The summed E-state index contributed by atoms with van der Waals surface area (Å²) in [7, 11) is 0. The van der Waals surface area contributed by atoms with Crippen molar-refractivity contribution in [1.82, 2.24) is 10.3 Å². The third kappa shape index (κ3) is 3.92. The van der Waals surface area contributed by atoms with Crippen molar-refractivity contribution in [1.29, 1.82) is 0 Å². The van der Waals surface area contributed by atoms with E-state index in [-0.39, 0.29) is 11.8 Å². The molecule has 3 rings (SSSR count). The molecule has 2 heterocycles. The lowest BCUT2D eigenvalue weighted by Gasteiger charge is -2.25. The maximum Gasteiger partial charge on any atom is 0.228 e. The number of ether oxygens (including phenoxy) is 1. The summed E-state index contributed by atoms with van der Waals surface area (Å²) in [5.74, 6) is 1.69. The number of carbonyl (C=O) groups is 1. The molecule has 25 heavy (non-hydrogen) atoms. The van der Waals surface area contributed by atoms with Crippen molar-refractivity contribution in [3.63, 3.8) is 0 Å². The average molecular weight is 339 g/mol. The topological polar surface area (TPSA) is 54.5 Å². The van der Waals surface area contributed by atoms with Gasteiger partial charge in [0.25, 0.3) is 0 Å². The van der Waals surface area contributed by atoms with E-state index in [1.807, 2.05) is 42.6 Å². The predicted octanol–water partition coefficient (Wildman–Crippen LogP) is 3.11. The van der Waals surface area contributed by atoms with Crippen LogP contribution in [0.25, 0.3) is 0 Å². The van der Waals surface area contributed by atoms with Gasteiger partial charge in [0, 0.05) is 31.4 Å². The van der Waals surface area contributed by atoms with Gasteiger partial charge in [-0.05, 0) is 38.0 Å². The SMILES string of the molecule is CCN(CC)c1ccc(CNC(=O)C2CCOc3ccccc32)cn1. The van der Waals surface area contributed by atoms with Crippen LogP contribution in [0, 0.1) is 0 Å². The van der Waals surface area contributed by atoms with E-state index in [1.165, 1.54) is 0 Å². The molecule has 5 heteroatoms. The van der Waals surface area contributed by atoms with Crippen LogP contribution < -0.4 is 15.0 Å². The van der Waals surface area contributed by atoms with Gasteiger partial charge in [-0.25, -0.2) is 4.98 Å². The highest BCUT2D eigenvalue weighted by molar-refractivity contribution is 5.84. The Hall–Kier alpha value is -2.56. The number of pyridine rings is 1. The molecule has 1 aromatic carbocycles. The number of amides is 1. The van der Waals surface area contributed by atoms with Crippen molar-refractivity contribution in [2.24, 2.45) is 0 Å². The van der Waals surface area contributed by atoms with Gasteiger partial charge in [0.05, 0.1) is 12.5 Å². The summed E-state index contributed by atoms with van der Waals surface area (Å²) in [6.45, 7) is 7.17. The highest BCUT2D eigenvalue weighted by Crippen LogP contribution is 2.33. The summed E-state index contributed by atoms with van der Waals surface area (Å²) >= 11 is 0. The molecule has 0 saturated heterocycles. The monoisotopic (exact) mass is 339 g/mol. The number of rotatable bonds is 6. The van der Waals surface area contributed by atoms with E-state index in [0.717, 1.165) is 35.8 Å². The quantitative estimate of drug-likeness (QED) is 0.879.